The largest absolute Gasteiger partial charge is 0.309 e. The van der Waals surface area contributed by atoms with Gasteiger partial charge < -0.3 is 9.13 Å². The monoisotopic (exact) mass is 594 g/mol. The predicted octanol–water partition coefficient (Wildman–Crippen LogP) is 11.9. The highest BCUT2D eigenvalue weighted by atomic mass is 15.0. The Labute approximate surface area is 270 Å². The minimum atomic E-state index is 0.165. The molecular formula is C44H38N2. The molecule has 0 bridgehead atoms. The van der Waals surface area contributed by atoms with E-state index in [9.17, 15) is 0 Å². The zero-order valence-corrected chi connectivity index (χ0v) is 27.0. The second-order valence-corrected chi connectivity index (χ2v) is 14.5. The highest BCUT2D eigenvalue weighted by Crippen LogP contribution is 2.47. The van der Waals surface area contributed by atoms with Crippen molar-refractivity contribution in [3.05, 3.63) is 145 Å². The van der Waals surface area contributed by atoms with Crippen molar-refractivity contribution >= 4 is 43.6 Å². The number of hydrogen-bond donors (Lipinski definition) is 0. The fourth-order valence-corrected chi connectivity index (χ4v) is 8.15. The Morgan fingerprint density at radius 1 is 0.391 bits per heavy atom. The summed E-state index contributed by atoms with van der Waals surface area (Å²) in [5, 5.41) is 5.15. The first-order valence-electron chi connectivity index (χ1n) is 16.6. The van der Waals surface area contributed by atoms with Crippen LogP contribution in [0.4, 0.5) is 0 Å². The topological polar surface area (TPSA) is 9.86 Å². The van der Waals surface area contributed by atoms with Crippen LogP contribution in [0.2, 0.25) is 0 Å². The Morgan fingerprint density at radius 3 is 1.46 bits per heavy atom. The molecule has 2 nitrogen and oxygen atoms in total. The standard InChI is InChI=1S/C44H38N2/c1-43(2)25-26-44(3,4)38-28-32(22-23-37(38)43)46-41-16-10-7-13-35(41)36-27-30(19-24-42(36)46)29-17-20-31(21-18-29)45-39-14-8-5-11-33(39)34-12-6-9-15-40(34)45/h5-24,27-28H,25-26H2,1-4H3. The van der Waals surface area contributed by atoms with Crippen molar-refractivity contribution in [1.29, 1.82) is 0 Å². The quantitative estimate of drug-likeness (QED) is 0.193. The number of para-hydroxylation sites is 3. The van der Waals surface area contributed by atoms with Crippen LogP contribution in [0.5, 0.6) is 0 Å². The molecule has 8 aromatic rings. The van der Waals surface area contributed by atoms with E-state index < -0.39 is 0 Å². The third kappa shape index (κ3) is 3.96. The summed E-state index contributed by atoms with van der Waals surface area (Å²) in [7, 11) is 0. The molecule has 0 unspecified atom stereocenters. The number of rotatable bonds is 3. The van der Waals surface area contributed by atoms with Gasteiger partial charge in [0.15, 0.2) is 0 Å². The summed E-state index contributed by atoms with van der Waals surface area (Å²) in [5.41, 5.74) is 13.2. The lowest BCUT2D eigenvalue weighted by atomic mass is 9.63. The van der Waals surface area contributed by atoms with E-state index in [1.54, 1.807) is 0 Å². The van der Waals surface area contributed by atoms with E-state index in [0.717, 1.165) is 0 Å². The highest BCUT2D eigenvalue weighted by molar-refractivity contribution is 6.11. The van der Waals surface area contributed by atoms with Crippen molar-refractivity contribution in [3.63, 3.8) is 0 Å². The van der Waals surface area contributed by atoms with Crippen molar-refractivity contribution in [2.45, 2.75) is 51.4 Å². The number of hydrogen-bond acceptors (Lipinski definition) is 0. The van der Waals surface area contributed by atoms with Crippen LogP contribution in [0.1, 0.15) is 51.7 Å². The fourth-order valence-electron chi connectivity index (χ4n) is 8.15. The Morgan fingerprint density at radius 2 is 0.848 bits per heavy atom. The molecule has 0 amide bonds. The van der Waals surface area contributed by atoms with Gasteiger partial charge in [-0.1, -0.05) is 107 Å². The molecule has 0 fully saturated rings. The molecule has 46 heavy (non-hydrogen) atoms. The van der Waals surface area contributed by atoms with Crippen LogP contribution < -0.4 is 0 Å². The van der Waals surface area contributed by atoms with E-state index in [0.29, 0.717) is 0 Å². The smallest absolute Gasteiger partial charge is 0.0541 e. The second kappa shape index (κ2) is 9.71. The van der Waals surface area contributed by atoms with E-state index in [1.165, 1.54) is 90.1 Å². The zero-order valence-electron chi connectivity index (χ0n) is 27.0. The van der Waals surface area contributed by atoms with Gasteiger partial charge in [-0.25, -0.2) is 0 Å². The van der Waals surface area contributed by atoms with Gasteiger partial charge in [-0.15, -0.1) is 0 Å². The van der Waals surface area contributed by atoms with Crippen molar-refractivity contribution < 1.29 is 0 Å². The highest BCUT2D eigenvalue weighted by Gasteiger charge is 2.37. The second-order valence-electron chi connectivity index (χ2n) is 14.5. The van der Waals surface area contributed by atoms with Gasteiger partial charge in [-0.05, 0) is 101 Å². The van der Waals surface area contributed by atoms with Gasteiger partial charge in [-0.2, -0.15) is 0 Å². The lowest BCUT2D eigenvalue weighted by molar-refractivity contribution is 0.332. The molecule has 224 valence electrons. The van der Waals surface area contributed by atoms with Crippen LogP contribution in [0.3, 0.4) is 0 Å². The van der Waals surface area contributed by atoms with Crippen molar-refractivity contribution in [3.8, 4) is 22.5 Å². The third-order valence-corrected chi connectivity index (χ3v) is 10.8. The molecule has 1 aliphatic rings. The normalized spacial score (nSPS) is 15.6. The van der Waals surface area contributed by atoms with Crippen molar-refractivity contribution in [1.82, 2.24) is 9.13 Å². The maximum Gasteiger partial charge on any atom is 0.0541 e. The Hall–Kier alpha value is -5.08. The van der Waals surface area contributed by atoms with E-state index in [2.05, 4.69) is 170 Å². The van der Waals surface area contributed by atoms with Gasteiger partial charge in [0, 0.05) is 32.9 Å². The molecule has 2 heteroatoms. The molecule has 0 spiro atoms. The van der Waals surface area contributed by atoms with Gasteiger partial charge in [0.05, 0.1) is 22.1 Å². The minimum Gasteiger partial charge on any atom is -0.309 e. The first-order chi connectivity index (χ1) is 22.3. The summed E-state index contributed by atoms with van der Waals surface area (Å²) in [6.45, 7) is 9.63. The average molecular weight is 595 g/mol. The molecule has 2 heterocycles. The Kier molecular flexibility index (Phi) is 5.75. The fraction of sp³-hybridized carbons (Fsp3) is 0.182. The van der Waals surface area contributed by atoms with E-state index in [4.69, 9.17) is 0 Å². The molecule has 0 saturated heterocycles. The lowest BCUT2D eigenvalue weighted by Crippen LogP contribution is -2.33. The Balaban J connectivity index is 1.17. The summed E-state index contributed by atoms with van der Waals surface area (Å²) in [4.78, 5) is 0. The minimum absolute atomic E-state index is 0.165. The number of benzene rings is 6. The molecule has 0 saturated carbocycles. The van der Waals surface area contributed by atoms with Crippen molar-refractivity contribution in [2.75, 3.05) is 0 Å². The maximum atomic E-state index is 2.48. The summed E-state index contributed by atoms with van der Waals surface area (Å²) in [5.74, 6) is 0. The summed E-state index contributed by atoms with van der Waals surface area (Å²) >= 11 is 0. The van der Waals surface area contributed by atoms with E-state index >= 15 is 0 Å². The number of aromatic nitrogens is 2. The van der Waals surface area contributed by atoms with Gasteiger partial charge in [-0.3, -0.25) is 0 Å². The maximum absolute atomic E-state index is 2.48. The van der Waals surface area contributed by atoms with Crippen LogP contribution in [-0.2, 0) is 10.8 Å². The van der Waals surface area contributed by atoms with Crippen LogP contribution >= 0.6 is 0 Å². The molecule has 0 radical (unpaired) electrons. The van der Waals surface area contributed by atoms with Gasteiger partial charge in [0.1, 0.15) is 0 Å². The molecule has 1 aliphatic carbocycles. The summed E-state index contributed by atoms with van der Waals surface area (Å²) in [6, 6.07) is 49.5. The number of fused-ring (bicyclic) bond motifs is 7. The average Bonchev–Trinajstić information content (AvgIpc) is 3.60. The third-order valence-electron chi connectivity index (χ3n) is 10.8. The lowest BCUT2D eigenvalue weighted by Gasteiger charge is -2.42. The van der Waals surface area contributed by atoms with E-state index in [-0.39, 0.29) is 10.8 Å². The molecule has 2 aromatic heterocycles. The molecule has 9 rings (SSSR count). The predicted molar refractivity (Wildman–Crippen MR) is 196 cm³/mol. The Bertz CT molecular complexity index is 2410. The molecule has 0 aliphatic heterocycles. The van der Waals surface area contributed by atoms with E-state index in [1.807, 2.05) is 0 Å². The summed E-state index contributed by atoms with van der Waals surface area (Å²) in [6.07, 6.45) is 2.44. The first-order valence-corrected chi connectivity index (χ1v) is 16.6. The summed E-state index contributed by atoms with van der Waals surface area (Å²) < 4.78 is 4.85. The first kappa shape index (κ1) is 27.2. The molecule has 6 aromatic carbocycles. The zero-order chi connectivity index (χ0) is 31.2. The van der Waals surface area contributed by atoms with Crippen LogP contribution in [0.25, 0.3) is 66.1 Å². The molecule has 0 atom stereocenters. The SMILES string of the molecule is CC1(C)CCC(C)(C)c2cc(-n3c4ccccc4c4cc(-c5ccc(-n6c7ccccc7c7ccccc76)cc5)ccc43)ccc21. The molecule has 0 N–H and O–H groups in total. The van der Waals surface area contributed by atoms with Gasteiger partial charge in [0.2, 0.25) is 0 Å². The van der Waals surface area contributed by atoms with Crippen LogP contribution in [0, 0.1) is 0 Å². The van der Waals surface area contributed by atoms with Gasteiger partial charge >= 0.3 is 0 Å². The van der Waals surface area contributed by atoms with Crippen molar-refractivity contribution in [2.24, 2.45) is 0 Å². The van der Waals surface area contributed by atoms with Crippen LogP contribution in [-0.4, -0.2) is 9.13 Å². The van der Waals surface area contributed by atoms with Gasteiger partial charge in [0.25, 0.3) is 0 Å². The number of nitrogens with zero attached hydrogens (tertiary/aromatic N) is 2. The van der Waals surface area contributed by atoms with Crippen LogP contribution in [0.15, 0.2) is 133 Å². The molecular weight excluding hydrogens is 556 g/mol.